The molecule has 1 aliphatic rings. The lowest BCUT2D eigenvalue weighted by molar-refractivity contribution is 0.198. The number of rotatable bonds is 7. The van der Waals surface area contributed by atoms with Crippen molar-refractivity contribution in [2.75, 3.05) is 25.7 Å². The number of nitrogen functional groups attached to an aromatic ring is 1. The van der Waals surface area contributed by atoms with E-state index in [-0.39, 0.29) is 0 Å². The first-order chi connectivity index (χ1) is 13.8. The van der Waals surface area contributed by atoms with E-state index in [1.54, 1.807) is 7.11 Å². The number of imidazole rings is 1. The van der Waals surface area contributed by atoms with Crippen LogP contribution in [0.25, 0.3) is 21.9 Å². The Balaban J connectivity index is 1.93. The second kappa shape index (κ2) is 7.55. The Kier molecular flexibility index (Phi) is 5.22. The maximum absolute atomic E-state index is 12.1. The summed E-state index contributed by atoms with van der Waals surface area (Å²) in [5.74, 6) is 1.21. The van der Waals surface area contributed by atoms with Crippen LogP contribution in [-0.2, 0) is 27.7 Å². The van der Waals surface area contributed by atoms with E-state index in [0.717, 1.165) is 47.9 Å². The highest BCUT2D eigenvalue weighted by atomic mass is 32.2. The van der Waals surface area contributed by atoms with Gasteiger partial charge in [0, 0.05) is 25.5 Å². The number of anilines is 1. The Morgan fingerprint density at radius 2 is 1.97 bits per heavy atom. The molecule has 8 nitrogen and oxygen atoms in total. The van der Waals surface area contributed by atoms with Crippen LogP contribution >= 0.6 is 0 Å². The predicted molar refractivity (Wildman–Crippen MR) is 114 cm³/mol. The number of hydrogen-bond donors (Lipinski definition) is 2. The summed E-state index contributed by atoms with van der Waals surface area (Å²) in [5, 5.41) is 0.959. The van der Waals surface area contributed by atoms with Crippen molar-refractivity contribution in [3.8, 4) is 0 Å². The van der Waals surface area contributed by atoms with Gasteiger partial charge in [-0.05, 0) is 18.9 Å². The van der Waals surface area contributed by atoms with Gasteiger partial charge in [0.15, 0.2) is 5.82 Å². The predicted octanol–water partition coefficient (Wildman–Crippen LogP) is 2.22. The van der Waals surface area contributed by atoms with Gasteiger partial charge in [-0.15, -0.1) is 0 Å². The molecule has 1 aromatic carbocycles. The molecular weight excluding hydrogens is 390 g/mol. The normalized spacial score (nSPS) is 16.8. The summed E-state index contributed by atoms with van der Waals surface area (Å²) in [6.45, 7) is 1.02. The van der Waals surface area contributed by atoms with Crippen molar-refractivity contribution < 1.29 is 13.2 Å². The van der Waals surface area contributed by atoms with Crippen molar-refractivity contribution in [2.24, 2.45) is 0 Å². The zero-order chi connectivity index (χ0) is 20.6. The first-order valence-electron chi connectivity index (χ1n) is 9.83. The third kappa shape index (κ3) is 3.94. The van der Waals surface area contributed by atoms with E-state index in [0.29, 0.717) is 30.9 Å². The van der Waals surface area contributed by atoms with Crippen LogP contribution in [0.15, 0.2) is 24.3 Å². The molecule has 0 bridgehead atoms. The Hall–Kier alpha value is -2.23. The number of hydrogen-bond acceptors (Lipinski definition) is 6. The summed E-state index contributed by atoms with van der Waals surface area (Å²) >= 11 is 0. The van der Waals surface area contributed by atoms with Gasteiger partial charge in [0.1, 0.15) is 11.3 Å². The van der Waals surface area contributed by atoms with E-state index < -0.39 is 15.6 Å². The highest BCUT2D eigenvalue weighted by Gasteiger charge is 2.38. The van der Waals surface area contributed by atoms with Crippen molar-refractivity contribution in [3.05, 3.63) is 30.1 Å². The van der Waals surface area contributed by atoms with Crippen LogP contribution in [-0.4, -0.2) is 48.5 Å². The Labute approximate surface area is 170 Å². The summed E-state index contributed by atoms with van der Waals surface area (Å²) in [6.07, 6.45) is 5.40. The number of pyridine rings is 1. The second-order valence-corrected chi connectivity index (χ2v) is 9.68. The molecule has 9 heteroatoms. The lowest BCUT2D eigenvalue weighted by Gasteiger charge is -2.31. The number of sulfonamides is 1. The van der Waals surface area contributed by atoms with Gasteiger partial charge in [0.2, 0.25) is 10.0 Å². The second-order valence-electron chi connectivity index (χ2n) is 7.93. The van der Waals surface area contributed by atoms with E-state index in [1.165, 1.54) is 6.26 Å². The van der Waals surface area contributed by atoms with Gasteiger partial charge < -0.3 is 15.0 Å². The number of benzene rings is 1. The van der Waals surface area contributed by atoms with Crippen LogP contribution in [0.1, 0.15) is 31.5 Å². The standard InChI is InChI=1S/C20H27N5O3S/c1-28-12-9-16-23-17-18(14-7-3-4-8-15(14)22-19(17)21)25(16)13-20(10-5-6-11-20)24-29(2,26)27/h3-4,7-8,24H,5-6,9-13H2,1-2H3,(H2,21,22). The van der Waals surface area contributed by atoms with Gasteiger partial charge in [0.25, 0.3) is 0 Å². The minimum Gasteiger partial charge on any atom is -0.384 e. The van der Waals surface area contributed by atoms with E-state index in [2.05, 4.69) is 14.3 Å². The molecule has 4 rings (SSSR count). The molecule has 2 heterocycles. The molecule has 0 spiro atoms. The van der Waals surface area contributed by atoms with Crippen molar-refractivity contribution in [1.82, 2.24) is 19.3 Å². The van der Waals surface area contributed by atoms with Crippen LogP contribution in [0, 0.1) is 0 Å². The molecule has 0 saturated heterocycles. The molecule has 1 fully saturated rings. The van der Waals surface area contributed by atoms with Gasteiger partial charge in [-0.25, -0.2) is 23.1 Å². The molecule has 156 valence electrons. The third-order valence-electron chi connectivity index (χ3n) is 5.64. The van der Waals surface area contributed by atoms with Gasteiger partial charge in [0.05, 0.1) is 29.4 Å². The zero-order valence-corrected chi connectivity index (χ0v) is 17.6. The lowest BCUT2D eigenvalue weighted by atomic mass is 9.99. The molecule has 0 unspecified atom stereocenters. The van der Waals surface area contributed by atoms with E-state index in [1.807, 2.05) is 24.3 Å². The van der Waals surface area contributed by atoms with Crippen LogP contribution < -0.4 is 10.5 Å². The van der Waals surface area contributed by atoms with Crippen LogP contribution in [0.2, 0.25) is 0 Å². The smallest absolute Gasteiger partial charge is 0.209 e. The Morgan fingerprint density at radius 3 is 2.66 bits per heavy atom. The average Bonchev–Trinajstić information content (AvgIpc) is 3.24. The molecule has 0 radical (unpaired) electrons. The maximum Gasteiger partial charge on any atom is 0.209 e. The monoisotopic (exact) mass is 417 g/mol. The third-order valence-corrected chi connectivity index (χ3v) is 6.45. The largest absolute Gasteiger partial charge is 0.384 e. The van der Waals surface area contributed by atoms with Gasteiger partial charge >= 0.3 is 0 Å². The molecule has 29 heavy (non-hydrogen) atoms. The summed E-state index contributed by atoms with van der Waals surface area (Å²) in [4.78, 5) is 9.29. The topological polar surface area (TPSA) is 112 Å². The minimum absolute atomic E-state index is 0.382. The first-order valence-corrected chi connectivity index (χ1v) is 11.7. The van der Waals surface area contributed by atoms with Gasteiger partial charge in [-0.3, -0.25) is 0 Å². The number of nitrogens with two attached hydrogens (primary N) is 1. The highest BCUT2D eigenvalue weighted by Crippen LogP contribution is 2.35. The SMILES string of the molecule is COCCc1nc2c(N)nc3ccccc3c2n1CC1(NS(C)(=O)=O)CCCC1. The number of aromatic nitrogens is 3. The van der Waals surface area contributed by atoms with E-state index in [9.17, 15) is 8.42 Å². The fraction of sp³-hybridized carbons (Fsp3) is 0.500. The molecule has 0 atom stereocenters. The lowest BCUT2D eigenvalue weighted by Crippen LogP contribution is -2.49. The number of methoxy groups -OCH3 is 1. The summed E-state index contributed by atoms with van der Waals surface area (Å²) < 4.78 is 34.6. The first kappa shape index (κ1) is 20.1. The van der Waals surface area contributed by atoms with Crippen LogP contribution in [0.4, 0.5) is 5.82 Å². The molecule has 1 aliphatic carbocycles. The average molecular weight is 418 g/mol. The molecular formula is C20H27N5O3S. The number of nitrogens with zero attached hydrogens (tertiary/aromatic N) is 3. The molecule has 0 amide bonds. The van der Waals surface area contributed by atoms with Crippen LogP contribution in [0.5, 0.6) is 0 Å². The molecule has 2 aromatic heterocycles. The van der Waals surface area contributed by atoms with E-state index >= 15 is 0 Å². The fourth-order valence-electron chi connectivity index (χ4n) is 4.50. The van der Waals surface area contributed by atoms with Crippen molar-refractivity contribution in [1.29, 1.82) is 0 Å². The Bertz CT molecular complexity index is 1150. The summed E-state index contributed by atoms with van der Waals surface area (Å²) in [7, 11) is -1.69. The van der Waals surface area contributed by atoms with Crippen molar-refractivity contribution in [3.63, 3.8) is 0 Å². The number of ether oxygens (including phenoxy) is 1. The summed E-state index contributed by atoms with van der Waals surface area (Å²) in [6, 6.07) is 7.83. The van der Waals surface area contributed by atoms with Crippen molar-refractivity contribution in [2.45, 2.75) is 44.2 Å². The number of para-hydroxylation sites is 1. The highest BCUT2D eigenvalue weighted by molar-refractivity contribution is 7.88. The van der Waals surface area contributed by atoms with Gasteiger partial charge in [-0.2, -0.15) is 0 Å². The molecule has 1 saturated carbocycles. The molecule has 3 aromatic rings. The summed E-state index contributed by atoms with van der Waals surface area (Å²) in [5.41, 5.74) is 8.08. The molecule has 3 N–H and O–H groups in total. The number of fused-ring (bicyclic) bond motifs is 3. The van der Waals surface area contributed by atoms with Crippen LogP contribution in [0.3, 0.4) is 0 Å². The zero-order valence-electron chi connectivity index (χ0n) is 16.8. The number of nitrogens with one attached hydrogen (secondary N) is 1. The van der Waals surface area contributed by atoms with Crippen molar-refractivity contribution >= 4 is 37.8 Å². The van der Waals surface area contributed by atoms with E-state index in [4.69, 9.17) is 15.5 Å². The Morgan fingerprint density at radius 1 is 1.24 bits per heavy atom. The minimum atomic E-state index is -3.35. The quantitative estimate of drug-likeness (QED) is 0.610. The molecule has 0 aliphatic heterocycles. The fourth-order valence-corrected chi connectivity index (χ4v) is 5.55. The van der Waals surface area contributed by atoms with Gasteiger partial charge in [-0.1, -0.05) is 31.0 Å². The maximum atomic E-state index is 12.1.